The molecular formula is C12H18O3S. The van der Waals surface area contributed by atoms with Crippen LogP contribution in [0.15, 0.2) is 29.2 Å². The number of thioether (sulfide) groups is 1. The molecule has 0 spiro atoms. The van der Waals surface area contributed by atoms with E-state index < -0.39 is 0 Å². The van der Waals surface area contributed by atoms with Gasteiger partial charge in [0.1, 0.15) is 12.0 Å². The highest BCUT2D eigenvalue weighted by Gasteiger charge is 2.17. The third-order valence-electron chi connectivity index (χ3n) is 1.72. The maximum absolute atomic E-state index is 10.7. The van der Waals surface area contributed by atoms with Crippen molar-refractivity contribution in [1.29, 1.82) is 0 Å². The lowest BCUT2D eigenvalue weighted by molar-refractivity contribution is -0.109. The average Bonchev–Trinajstić information content (AvgIpc) is 2.32. The fourth-order valence-corrected chi connectivity index (χ4v) is 1.90. The number of carbonyl (C=O) groups excluding carboxylic acids is 1. The van der Waals surface area contributed by atoms with Gasteiger partial charge in [-0.25, -0.2) is 0 Å². The summed E-state index contributed by atoms with van der Waals surface area (Å²) in [5, 5.41) is 7.00. The second-order valence-electron chi connectivity index (χ2n) is 3.50. The lowest BCUT2D eigenvalue weighted by Gasteiger charge is -2.15. The van der Waals surface area contributed by atoms with Crippen LogP contribution in [-0.2, 0) is 4.79 Å². The number of hydrogen-bond donors (Lipinski definition) is 1. The van der Waals surface area contributed by atoms with Gasteiger partial charge in [-0.2, -0.15) is 0 Å². The van der Waals surface area contributed by atoms with Crippen molar-refractivity contribution in [2.45, 2.75) is 23.5 Å². The van der Waals surface area contributed by atoms with E-state index in [0.29, 0.717) is 0 Å². The molecule has 3 nitrogen and oxygen atoms in total. The molecule has 0 saturated heterocycles. The number of rotatable bonds is 4. The van der Waals surface area contributed by atoms with Crippen LogP contribution in [0, 0.1) is 0 Å². The highest BCUT2D eigenvalue weighted by atomic mass is 32.2. The maximum atomic E-state index is 10.7. The van der Waals surface area contributed by atoms with Gasteiger partial charge >= 0.3 is 0 Å². The Bertz CT molecular complexity index is 307. The summed E-state index contributed by atoms with van der Waals surface area (Å²) in [5.41, 5.74) is 0. The van der Waals surface area contributed by atoms with Crippen molar-refractivity contribution in [3.63, 3.8) is 0 Å². The summed E-state index contributed by atoms with van der Waals surface area (Å²) in [4.78, 5) is 11.8. The van der Waals surface area contributed by atoms with E-state index in [2.05, 4.69) is 0 Å². The molecule has 0 aliphatic carbocycles. The summed E-state index contributed by atoms with van der Waals surface area (Å²) in [5.74, 6) is 0.832. The van der Waals surface area contributed by atoms with Gasteiger partial charge in [0.2, 0.25) is 0 Å². The molecule has 0 aliphatic rings. The largest absolute Gasteiger partial charge is 0.497 e. The van der Waals surface area contributed by atoms with Crippen LogP contribution < -0.4 is 4.74 Å². The molecular weight excluding hydrogens is 224 g/mol. The second-order valence-corrected chi connectivity index (χ2v) is 5.23. The van der Waals surface area contributed by atoms with Crippen molar-refractivity contribution in [2.75, 3.05) is 14.2 Å². The molecule has 0 bridgehead atoms. The fraction of sp³-hybridized carbons (Fsp3) is 0.417. The number of ether oxygens (including phenoxy) is 1. The zero-order chi connectivity index (χ0) is 12.6. The molecule has 0 heterocycles. The summed E-state index contributed by atoms with van der Waals surface area (Å²) < 4.78 is 4.68. The van der Waals surface area contributed by atoms with Crippen LogP contribution in [0.4, 0.5) is 0 Å². The minimum Gasteiger partial charge on any atom is -0.497 e. The minimum atomic E-state index is -0.366. The summed E-state index contributed by atoms with van der Waals surface area (Å²) in [6, 6.07) is 7.69. The first-order valence-corrected chi connectivity index (χ1v) is 5.63. The Morgan fingerprint density at radius 3 is 2.12 bits per heavy atom. The van der Waals surface area contributed by atoms with Crippen LogP contribution in [0.3, 0.4) is 0 Å². The van der Waals surface area contributed by atoms with E-state index in [1.54, 1.807) is 18.9 Å². The van der Waals surface area contributed by atoms with E-state index in [1.165, 1.54) is 0 Å². The molecule has 0 aromatic heterocycles. The normalized spacial score (nSPS) is 10.1. The minimum absolute atomic E-state index is 0.366. The van der Waals surface area contributed by atoms with Gasteiger partial charge < -0.3 is 14.6 Å². The van der Waals surface area contributed by atoms with E-state index in [-0.39, 0.29) is 4.75 Å². The zero-order valence-corrected chi connectivity index (χ0v) is 10.9. The predicted molar refractivity (Wildman–Crippen MR) is 67.1 cm³/mol. The number of methoxy groups -OCH3 is 1. The van der Waals surface area contributed by atoms with Crippen molar-refractivity contribution in [3.05, 3.63) is 24.3 Å². The summed E-state index contributed by atoms with van der Waals surface area (Å²) >= 11 is 1.54. The molecule has 0 saturated carbocycles. The molecule has 1 rings (SSSR count). The molecule has 0 fully saturated rings. The molecule has 0 atom stereocenters. The highest BCUT2D eigenvalue weighted by molar-refractivity contribution is 8.01. The van der Waals surface area contributed by atoms with Crippen LogP contribution in [0.5, 0.6) is 5.75 Å². The number of benzene rings is 1. The van der Waals surface area contributed by atoms with E-state index in [0.717, 1.165) is 24.0 Å². The molecule has 4 heteroatoms. The Labute approximate surface area is 101 Å². The molecule has 16 heavy (non-hydrogen) atoms. The summed E-state index contributed by atoms with van der Waals surface area (Å²) in [6.45, 7) is 3.80. The topological polar surface area (TPSA) is 46.5 Å². The van der Waals surface area contributed by atoms with Gasteiger partial charge in [-0.15, -0.1) is 11.8 Å². The van der Waals surface area contributed by atoms with Crippen LogP contribution in [0.25, 0.3) is 0 Å². The molecule has 0 amide bonds. The van der Waals surface area contributed by atoms with Gasteiger partial charge in [0.05, 0.1) is 11.9 Å². The maximum Gasteiger partial charge on any atom is 0.135 e. The van der Waals surface area contributed by atoms with Crippen molar-refractivity contribution in [1.82, 2.24) is 0 Å². The van der Waals surface area contributed by atoms with Crippen molar-refractivity contribution < 1.29 is 14.6 Å². The number of carbonyl (C=O) groups is 1. The molecule has 1 aromatic rings. The van der Waals surface area contributed by atoms with Crippen LogP contribution >= 0.6 is 11.8 Å². The molecule has 1 N–H and O–H groups in total. The van der Waals surface area contributed by atoms with Crippen LogP contribution in [0.2, 0.25) is 0 Å². The first-order chi connectivity index (χ1) is 7.57. The Morgan fingerprint density at radius 2 is 1.75 bits per heavy atom. The number of aldehydes is 1. The Hall–Kier alpha value is -1.00. The summed E-state index contributed by atoms with van der Waals surface area (Å²) in [6.07, 6.45) is 0.960. The Morgan fingerprint density at radius 1 is 1.25 bits per heavy atom. The van der Waals surface area contributed by atoms with E-state index in [4.69, 9.17) is 9.84 Å². The fourth-order valence-electron chi connectivity index (χ4n) is 0.972. The van der Waals surface area contributed by atoms with Gasteiger partial charge in [-0.05, 0) is 38.1 Å². The van der Waals surface area contributed by atoms with Crippen LogP contribution in [0.1, 0.15) is 13.8 Å². The van der Waals surface area contributed by atoms with E-state index in [9.17, 15) is 4.79 Å². The monoisotopic (exact) mass is 242 g/mol. The smallest absolute Gasteiger partial charge is 0.135 e. The van der Waals surface area contributed by atoms with Crippen molar-refractivity contribution in [2.24, 2.45) is 0 Å². The Kier molecular flexibility index (Phi) is 6.85. The molecule has 0 radical (unpaired) electrons. The highest BCUT2D eigenvalue weighted by Crippen LogP contribution is 2.31. The third kappa shape index (κ3) is 5.19. The van der Waals surface area contributed by atoms with Gasteiger partial charge in [0.15, 0.2) is 0 Å². The number of aliphatic hydroxyl groups is 1. The molecule has 0 aliphatic heterocycles. The SMILES string of the molecule is CO.COc1ccc(SC(C)(C)C=O)cc1. The lowest BCUT2D eigenvalue weighted by Crippen LogP contribution is -2.15. The number of hydrogen-bond acceptors (Lipinski definition) is 4. The lowest BCUT2D eigenvalue weighted by atomic mass is 10.2. The number of aliphatic hydroxyl groups excluding tert-OH is 1. The Balaban J connectivity index is 0.00000106. The van der Waals surface area contributed by atoms with Gasteiger partial charge in [-0.3, -0.25) is 0 Å². The average molecular weight is 242 g/mol. The van der Waals surface area contributed by atoms with Gasteiger partial charge in [0, 0.05) is 12.0 Å². The molecule has 1 aromatic carbocycles. The van der Waals surface area contributed by atoms with Gasteiger partial charge in [-0.1, -0.05) is 0 Å². The first kappa shape index (κ1) is 15.0. The van der Waals surface area contributed by atoms with E-state index >= 15 is 0 Å². The molecule has 90 valence electrons. The third-order valence-corrected chi connectivity index (χ3v) is 2.85. The van der Waals surface area contributed by atoms with Crippen molar-refractivity contribution in [3.8, 4) is 5.75 Å². The van der Waals surface area contributed by atoms with Crippen LogP contribution in [-0.4, -0.2) is 30.4 Å². The predicted octanol–water partition coefficient (Wildman–Crippen LogP) is 2.37. The van der Waals surface area contributed by atoms with Crippen molar-refractivity contribution >= 4 is 18.0 Å². The van der Waals surface area contributed by atoms with Gasteiger partial charge in [0.25, 0.3) is 0 Å². The zero-order valence-electron chi connectivity index (χ0n) is 10.1. The summed E-state index contributed by atoms with van der Waals surface area (Å²) in [7, 11) is 2.64. The van der Waals surface area contributed by atoms with E-state index in [1.807, 2.05) is 38.1 Å². The quantitative estimate of drug-likeness (QED) is 0.650. The molecule has 0 unspecified atom stereocenters. The second kappa shape index (κ2) is 7.30. The standard InChI is InChI=1S/C11H14O2S.CH4O/c1-11(2,8-12)14-10-6-4-9(13-3)5-7-10;1-2/h4-8H,1-3H3;2H,1H3. The first-order valence-electron chi connectivity index (χ1n) is 4.81.